The van der Waals surface area contributed by atoms with Crippen molar-refractivity contribution in [2.75, 3.05) is 18.8 Å². The third kappa shape index (κ3) is 3.87. The van der Waals surface area contributed by atoms with Crippen molar-refractivity contribution in [1.29, 1.82) is 0 Å². The summed E-state index contributed by atoms with van der Waals surface area (Å²) in [5.41, 5.74) is 1.95. The molecule has 112 valence electrons. The third-order valence-electron chi connectivity index (χ3n) is 3.71. The Kier molecular flexibility index (Phi) is 4.98. The minimum absolute atomic E-state index is 0.193. The average Bonchev–Trinajstić information content (AvgIpc) is 3.16. The van der Waals surface area contributed by atoms with Crippen molar-refractivity contribution in [3.05, 3.63) is 33.5 Å². The highest BCUT2D eigenvalue weighted by molar-refractivity contribution is 8.01. The number of aryl methyl sites for hydroxylation is 1. The number of piperidine rings is 1. The van der Waals surface area contributed by atoms with Gasteiger partial charge in [-0.2, -0.15) is 11.3 Å². The average molecular weight is 339 g/mol. The molecule has 1 amide bonds. The van der Waals surface area contributed by atoms with Gasteiger partial charge in [-0.15, -0.1) is 11.3 Å². The molecule has 0 atom stereocenters. The molecule has 21 heavy (non-hydrogen) atoms. The molecular weight excluding hydrogens is 320 g/mol. The molecule has 1 fully saturated rings. The summed E-state index contributed by atoms with van der Waals surface area (Å²) >= 11 is 5.17. The molecule has 6 heteroatoms. The van der Waals surface area contributed by atoms with Crippen molar-refractivity contribution in [3.8, 4) is 0 Å². The van der Waals surface area contributed by atoms with Gasteiger partial charge in [0.15, 0.2) is 0 Å². The number of thiazole rings is 1. The number of amides is 1. The monoisotopic (exact) mass is 338 g/mol. The molecule has 2 aromatic heterocycles. The number of carbonyl (C=O) groups excluding carboxylic acids is 1. The molecule has 0 saturated carbocycles. The minimum atomic E-state index is 0.193. The van der Waals surface area contributed by atoms with Crippen LogP contribution in [-0.4, -0.2) is 34.6 Å². The number of thioether (sulfide) groups is 1. The number of rotatable bonds is 4. The molecule has 3 rings (SSSR count). The molecule has 0 unspecified atom stereocenters. The van der Waals surface area contributed by atoms with E-state index in [0.717, 1.165) is 42.9 Å². The minimum Gasteiger partial charge on any atom is -0.339 e. The van der Waals surface area contributed by atoms with E-state index < -0.39 is 0 Å². The normalized spacial score (nSPS) is 16.3. The topological polar surface area (TPSA) is 33.2 Å². The van der Waals surface area contributed by atoms with E-state index in [4.69, 9.17) is 0 Å². The van der Waals surface area contributed by atoms with Crippen molar-refractivity contribution >= 4 is 40.3 Å². The number of likely N-dealkylation sites (tertiary alicyclic amines) is 1. The second kappa shape index (κ2) is 6.94. The van der Waals surface area contributed by atoms with Crippen LogP contribution in [0.25, 0.3) is 0 Å². The molecule has 0 spiro atoms. The van der Waals surface area contributed by atoms with Gasteiger partial charge in [-0.3, -0.25) is 4.79 Å². The van der Waals surface area contributed by atoms with Gasteiger partial charge in [-0.05, 0) is 37.1 Å². The number of nitrogens with zero attached hydrogens (tertiary/aromatic N) is 2. The Hall–Kier alpha value is -0.850. The molecule has 3 heterocycles. The Morgan fingerprint density at radius 1 is 1.43 bits per heavy atom. The summed E-state index contributed by atoms with van der Waals surface area (Å²) in [6.45, 7) is 3.81. The first kappa shape index (κ1) is 15.1. The number of thiophene rings is 1. The van der Waals surface area contributed by atoms with Crippen LogP contribution < -0.4 is 0 Å². The Bertz CT molecular complexity index is 586. The van der Waals surface area contributed by atoms with E-state index in [1.165, 1.54) is 4.34 Å². The van der Waals surface area contributed by atoms with Gasteiger partial charge < -0.3 is 4.90 Å². The summed E-state index contributed by atoms with van der Waals surface area (Å²) in [6, 6.07) is 1.92. The molecule has 0 aliphatic carbocycles. The van der Waals surface area contributed by atoms with Gasteiger partial charge in [-0.1, -0.05) is 11.8 Å². The van der Waals surface area contributed by atoms with Crippen molar-refractivity contribution in [2.24, 2.45) is 5.92 Å². The van der Waals surface area contributed by atoms with Gasteiger partial charge in [0.05, 0.1) is 5.56 Å². The molecule has 1 aliphatic rings. The fraction of sp³-hybridized carbons (Fsp3) is 0.467. The molecule has 0 bridgehead atoms. The lowest BCUT2D eigenvalue weighted by Crippen LogP contribution is -2.38. The lowest BCUT2D eigenvalue weighted by Gasteiger charge is -2.31. The van der Waals surface area contributed by atoms with Gasteiger partial charge in [0, 0.05) is 35.3 Å². The fourth-order valence-electron chi connectivity index (χ4n) is 2.46. The van der Waals surface area contributed by atoms with Crippen LogP contribution in [0.5, 0.6) is 0 Å². The number of carbonyl (C=O) groups is 1. The summed E-state index contributed by atoms with van der Waals surface area (Å²) in [4.78, 5) is 18.8. The van der Waals surface area contributed by atoms with Crippen molar-refractivity contribution < 1.29 is 4.79 Å². The Morgan fingerprint density at radius 3 is 2.86 bits per heavy atom. The molecular formula is C15H18N2OS3. The summed E-state index contributed by atoms with van der Waals surface area (Å²) in [6.07, 6.45) is 2.21. The summed E-state index contributed by atoms with van der Waals surface area (Å²) in [7, 11) is 0. The van der Waals surface area contributed by atoms with Crippen molar-refractivity contribution in [3.63, 3.8) is 0 Å². The van der Waals surface area contributed by atoms with Crippen LogP contribution in [0.1, 0.15) is 28.9 Å². The third-order valence-corrected chi connectivity index (χ3v) is 6.76. The molecule has 1 saturated heterocycles. The molecule has 3 nitrogen and oxygen atoms in total. The quantitative estimate of drug-likeness (QED) is 0.785. The maximum absolute atomic E-state index is 12.3. The van der Waals surface area contributed by atoms with E-state index in [2.05, 4.69) is 10.4 Å². The Balaban J connectivity index is 1.45. The predicted octanol–water partition coefficient (Wildman–Crippen LogP) is 4.16. The number of hydrogen-bond donors (Lipinski definition) is 0. The van der Waals surface area contributed by atoms with Crippen LogP contribution in [0.2, 0.25) is 0 Å². The maximum Gasteiger partial charge on any atom is 0.254 e. The predicted molar refractivity (Wildman–Crippen MR) is 90.5 cm³/mol. The highest BCUT2D eigenvalue weighted by atomic mass is 32.2. The summed E-state index contributed by atoms with van der Waals surface area (Å²) in [5, 5.41) is 6.01. The lowest BCUT2D eigenvalue weighted by atomic mass is 9.98. The summed E-state index contributed by atoms with van der Waals surface area (Å²) in [5.74, 6) is 2.01. The highest BCUT2D eigenvalue weighted by Gasteiger charge is 2.24. The van der Waals surface area contributed by atoms with E-state index in [9.17, 15) is 4.79 Å². The van der Waals surface area contributed by atoms with Crippen LogP contribution in [-0.2, 0) is 0 Å². The van der Waals surface area contributed by atoms with Crippen LogP contribution in [0.4, 0.5) is 0 Å². The summed E-state index contributed by atoms with van der Waals surface area (Å²) < 4.78 is 1.17. The second-order valence-electron chi connectivity index (χ2n) is 5.31. The lowest BCUT2D eigenvalue weighted by molar-refractivity contribution is 0.0699. The number of hydrogen-bond acceptors (Lipinski definition) is 5. The SMILES string of the molecule is Cc1csc(SCC2CCN(C(=O)c3ccsc3)CC2)n1. The van der Waals surface area contributed by atoms with Gasteiger partial charge in [-0.25, -0.2) is 4.98 Å². The van der Waals surface area contributed by atoms with E-state index in [1.54, 1.807) is 22.7 Å². The Labute approximate surface area is 137 Å². The molecule has 0 aromatic carbocycles. The molecule has 2 aromatic rings. The number of aromatic nitrogens is 1. The van der Waals surface area contributed by atoms with Crippen LogP contribution in [0.3, 0.4) is 0 Å². The zero-order chi connectivity index (χ0) is 14.7. The molecule has 0 radical (unpaired) electrons. The zero-order valence-electron chi connectivity index (χ0n) is 11.9. The molecule has 1 aliphatic heterocycles. The van der Waals surface area contributed by atoms with E-state index >= 15 is 0 Å². The highest BCUT2D eigenvalue weighted by Crippen LogP contribution is 2.29. The standard InChI is InChI=1S/C15H18N2OS3/c1-11-8-20-15(16-11)21-9-12-2-5-17(6-3-12)14(18)13-4-7-19-10-13/h4,7-8,10,12H,2-3,5-6,9H2,1H3. The van der Waals surface area contributed by atoms with Gasteiger partial charge >= 0.3 is 0 Å². The van der Waals surface area contributed by atoms with Crippen LogP contribution in [0, 0.1) is 12.8 Å². The largest absolute Gasteiger partial charge is 0.339 e. The maximum atomic E-state index is 12.3. The Morgan fingerprint density at radius 2 is 2.24 bits per heavy atom. The molecule has 0 N–H and O–H groups in total. The van der Waals surface area contributed by atoms with Gasteiger partial charge in [0.2, 0.25) is 0 Å². The first-order valence-electron chi connectivity index (χ1n) is 7.09. The van der Waals surface area contributed by atoms with E-state index in [1.807, 2.05) is 40.4 Å². The van der Waals surface area contributed by atoms with Crippen molar-refractivity contribution in [2.45, 2.75) is 24.1 Å². The first-order valence-corrected chi connectivity index (χ1v) is 9.89. The van der Waals surface area contributed by atoms with E-state index in [-0.39, 0.29) is 5.91 Å². The fourth-order valence-corrected chi connectivity index (χ4v) is 5.15. The van der Waals surface area contributed by atoms with Gasteiger partial charge in [0.1, 0.15) is 4.34 Å². The second-order valence-corrected chi connectivity index (χ2v) is 8.22. The smallest absolute Gasteiger partial charge is 0.254 e. The zero-order valence-corrected chi connectivity index (χ0v) is 14.4. The van der Waals surface area contributed by atoms with Crippen LogP contribution in [0.15, 0.2) is 26.5 Å². The van der Waals surface area contributed by atoms with E-state index in [0.29, 0.717) is 5.92 Å². The van der Waals surface area contributed by atoms with Gasteiger partial charge in [0.25, 0.3) is 5.91 Å². The first-order chi connectivity index (χ1) is 10.2. The van der Waals surface area contributed by atoms with Crippen molar-refractivity contribution in [1.82, 2.24) is 9.88 Å². The van der Waals surface area contributed by atoms with Crippen LogP contribution >= 0.6 is 34.4 Å².